The molecule has 27 heavy (non-hydrogen) atoms. The Morgan fingerprint density at radius 1 is 1.33 bits per heavy atom. The van der Waals surface area contributed by atoms with Gasteiger partial charge in [-0.05, 0) is 25.0 Å². The van der Waals surface area contributed by atoms with E-state index in [0.717, 1.165) is 30.4 Å². The van der Waals surface area contributed by atoms with E-state index in [1.165, 1.54) is 0 Å². The summed E-state index contributed by atoms with van der Waals surface area (Å²) in [6.45, 7) is 3.50. The predicted octanol–water partition coefficient (Wildman–Crippen LogP) is 2.02. The number of para-hydroxylation sites is 2. The van der Waals surface area contributed by atoms with Gasteiger partial charge in [-0.1, -0.05) is 17.3 Å². The van der Waals surface area contributed by atoms with Gasteiger partial charge < -0.3 is 19.1 Å². The number of rotatable bonds is 5. The van der Waals surface area contributed by atoms with Gasteiger partial charge in [0.15, 0.2) is 5.82 Å². The molecule has 0 radical (unpaired) electrons. The molecule has 0 aliphatic carbocycles. The van der Waals surface area contributed by atoms with E-state index in [1.54, 1.807) is 6.92 Å². The molecule has 8 heteroatoms. The molecule has 3 aromatic rings. The minimum Gasteiger partial charge on any atom is -0.388 e. The molecular formula is C19H23N5O3. The molecular weight excluding hydrogens is 346 g/mol. The van der Waals surface area contributed by atoms with Crippen molar-refractivity contribution in [1.29, 1.82) is 0 Å². The molecule has 0 spiro atoms. The SMILES string of the molecule is Cc1nc([C@@H]2CCCN(C(=O)CCn3c(CO)nc4ccccc43)C2)no1. The summed E-state index contributed by atoms with van der Waals surface area (Å²) in [6, 6.07) is 7.72. The number of aromatic nitrogens is 4. The molecule has 1 aromatic carbocycles. The lowest BCUT2D eigenvalue weighted by atomic mass is 9.97. The van der Waals surface area contributed by atoms with Gasteiger partial charge in [-0.25, -0.2) is 4.98 Å². The highest BCUT2D eigenvalue weighted by atomic mass is 16.5. The van der Waals surface area contributed by atoms with Crippen LogP contribution in [0.4, 0.5) is 0 Å². The number of amides is 1. The molecule has 1 amide bonds. The van der Waals surface area contributed by atoms with Crippen molar-refractivity contribution < 1.29 is 14.4 Å². The number of carbonyl (C=O) groups excluding carboxylic acids is 1. The van der Waals surface area contributed by atoms with Crippen molar-refractivity contribution in [1.82, 2.24) is 24.6 Å². The number of fused-ring (bicyclic) bond motifs is 1. The number of aliphatic hydroxyl groups is 1. The van der Waals surface area contributed by atoms with E-state index in [4.69, 9.17) is 4.52 Å². The van der Waals surface area contributed by atoms with Crippen LogP contribution in [0.25, 0.3) is 11.0 Å². The summed E-state index contributed by atoms with van der Waals surface area (Å²) in [4.78, 5) is 23.4. The van der Waals surface area contributed by atoms with Crippen molar-refractivity contribution in [2.45, 2.75) is 45.3 Å². The van der Waals surface area contributed by atoms with Crippen LogP contribution in [0.5, 0.6) is 0 Å². The minimum atomic E-state index is -0.147. The average Bonchev–Trinajstić information content (AvgIpc) is 3.29. The summed E-state index contributed by atoms with van der Waals surface area (Å²) in [5.74, 6) is 2.05. The molecule has 4 rings (SSSR count). The molecule has 1 aliphatic heterocycles. The molecule has 8 nitrogen and oxygen atoms in total. The number of carbonyl (C=O) groups is 1. The molecule has 0 saturated carbocycles. The molecule has 1 aliphatic rings. The highest BCUT2D eigenvalue weighted by molar-refractivity contribution is 5.78. The van der Waals surface area contributed by atoms with E-state index in [9.17, 15) is 9.90 Å². The summed E-state index contributed by atoms with van der Waals surface area (Å²) in [5.41, 5.74) is 1.77. The van der Waals surface area contributed by atoms with Crippen LogP contribution in [-0.4, -0.2) is 48.7 Å². The monoisotopic (exact) mass is 369 g/mol. The van der Waals surface area contributed by atoms with Gasteiger partial charge >= 0.3 is 0 Å². The first-order chi connectivity index (χ1) is 13.2. The lowest BCUT2D eigenvalue weighted by Gasteiger charge is -2.31. The number of hydrogen-bond acceptors (Lipinski definition) is 6. The summed E-state index contributed by atoms with van der Waals surface area (Å²) in [5, 5.41) is 13.6. The first-order valence-corrected chi connectivity index (χ1v) is 9.28. The fraction of sp³-hybridized carbons (Fsp3) is 0.474. The van der Waals surface area contributed by atoms with Crippen LogP contribution in [0.2, 0.25) is 0 Å². The first kappa shape index (κ1) is 17.7. The molecule has 3 heterocycles. The van der Waals surface area contributed by atoms with Gasteiger partial charge in [0.05, 0.1) is 11.0 Å². The Balaban J connectivity index is 1.43. The van der Waals surface area contributed by atoms with Crippen molar-refractivity contribution in [3.05, 3.63) is 41.8 Å². The van der Waals surface area contributed by atoms with Crippen molar-refractivity contribution >= 4 is 16.9 Å². The molecule has 0 unspecified atom stereocenters. The van der Waals surface area contributed by atoms with E-state index in [-0.39, 0.29) is 18.4 Å². The number of hydrogen-bond donors (Lipinski definition) is 1. The maximum Gasteiger partial charge on any atom is 0.224 e. The van der Waals surface area contributed by atoms with Crippen molar-refractivity contribution in [3.63, 3.8) is 0 Å². The van der Waals surface area contributed by atoms with Crippen LogP contribution in [0.1, 0.15) is 42.7 Å². The van der Waals surface area contributed by atoms with Gasteiger partial charge in [-0.15, -0.1) is 0 Å². The largest absolute Gasteiger partial charge is 0.388 e. The van der Waals surface area contributed by atoms with Crippen molar-refractivity contribution in [3.8, 4) is 0 Å². The maximum absolute atomic E-state index is 12.8. The van der Waals surface area contributed by atoms with Gasteiger partial charge in [0.2, 0.25) is 11.8 Å². The number of piperidine rings is 1. The van der Waals surface area contributed by atoms with E-state index in [2.05, 4.69) is 15.1 Å². The second-order valence-electron chi connectivity index (χ2n) is 6.93. The van der Waals surface area contributed by atoms with E-state index in [0.29, 0.717) is 37.0 Å². The fourth-order valence-corrected chi connectivity index (χ4v) is 3.76. The van der Waals surface area contributed by atoms with Gasteiger partial charge in [0.1, 0.15) is 12.4 Å². The summed E-state index contributed by atoms with van der Waals surface area (Å²) in [6.07, 6.45) is 2.26. The van der Waals surface area contributed by atoms with E-state index in [1.807, 2.05) is 33.7 Å². The smallest absolute Gasteiger partial charge is 0.224 e. The van der Waals surface area contributed by atoms with Crippen molar-refractivity contribution in [2.75, 3.05) is 13.1 Å². The van der Waals surface area contributed by atoms with Crippen molar-refractivity contribution in [2.24, 2.45) is 0 Å². The molecule has 1 fully saturated rings. The second kappa shape index (κ2) is 7.48. The van der Waals surface area contributed by atoms with Crippen LogP contribution < -0.4 is 0 Å². The van der Waals surface area contributed by atoms with Gasteiger partial charge in [-0.2, -0.15) is 4.98 Å². The zero-order valence-corrected chi connectivity index (χ0v) is 15.3. The van der Waals surface area contributed by atoms with Crippen LogP contribution >= 0.6 is 0 Å². The third kappa shape index (κ3) is 3.57. The molecule has 1 saturated heterocycles. The van der Waals surface area contributed by atoms with Crippen LogP contribution in [0.3, 0.4) is 0 Å². The maximum atomic E-state index is 12.8. The van der Waals surface area contributed by atoms with E-state index < -0.39 is 0 Å². The highest BCUT2D eigenvalue weighted by Gasteiger charge is 2.27. The topological polar surface area (TPSA) is 97.3 Å². The quantitative estimate of drug-likeness (QED) is 0.739. The van der Waals surface area contributed by atoms with Crippen LogP contribution in [0.15, 0.2) is 28.8 Å². The minimum absolute atomic E-state index is 0.0987. The lowest BCUT2D eigenvalue weighted by Crippen LogP contribution is -2.39. The molecule has 1 atom stereocenters. The van der Waals surface area contributed by atoms with Gasteiger partial charge in [0.25, 0.3) is 0 Å². The molecule has 1 N–H and O–H groups in total. The number of aryl methyl sites for hydroxylation is 2. The molecule has 2 aromatic heterocycles. The summed E-state index contributed by atoms with van der Waals surface area (Å²) >= 11 is 0. The predicted molar refractivity (Wildman–Crippen MR) is 97.9 cm³/mol. The Labute approximate surface area is 156 Å². The Kier molecular flexibility index (Phi) is 4.89. The second-order valence-corrected chi connectivity index (χ2v) is 6.93. The fourth-order valence-electron chi connectivity index (χ4n) is 3.76. The number of aliphatic hydroxyl groups excluding tert-OH is 1. The van der Waals surface area contributed by atoms with Gasteiger partial charge in [-0.3, -0.25) is 4.79 Å². The third-order valence-electron chi connectivity index (χ3n) is 5.11. The Hall–Kier alpha value is -2.74. The standard InChI is InChI=1S/C19H23N5O3/c1-13-20-19(22-27-13)14-5-4-9-23(11-14)18(26)8-10-24-16-7-3-2-6-15(16)21-17(24)12-25/h2-3,6-7,14,25H,4-5,8-12H2,1H3/t14-/m1/s1. The average molecular weight is 369 g/mol. The Bertz CT molecular complexity index is 948. The summed E-state index contributed by atoms with van der Waals surface area (Å²) in [7, 11) is 0. The molecule has 142 valence electrons. The zero-order chi connectivity index (χ0) is 18.8. The number of likely N-dealkylation sites (tertiary alicyclic amines) is 1. The summed E-state index contributed by atoms with van der Waals surface area (Å²) < 4.78 is 7.01. The Morgan fingerprint density at radius 2 is 2.19 bits per heavy atom. The number of benzene rings is 1. The highest BCUT2D eigenvalue weighted by Crippen LogP contribution is 2.25. The first-order valence-electron chi connectivity index (χ1n) is 9.28. The third-order valence-corrected chi connectivity index (χ3v) is 5.11. The van der Waals surface area contributed by atoms with E-state index >= 15 is 0 Å². The molecule has 0 bridgehead atoms. The van der Waals surface area contributed by atoms with Crippen LogP contribution in [0, 0.1) is 6.92 Å². The van der Waals surface area contributed by atoms with Gasteiger partial charge in [0, 0.05) is 38.9 Å². The lowest BCUT2D eigenvalue weighted by molar-refractivity contribution is -0.132. The zero-order valence-electron chi connectivity index (χ0n) is 15.3. The number of nitrogens with zero attached hydrogens (tertiary/aromatic N) is 5. The van der Waals surface area contributed by atoms with Crippen LogP contribution in [-0.2, 0) is 17.9 Å². The normalized spacial score (nSPS) is 17.6. The Morgan fingerprint density at radius 3 is 2.96 bits per heavy atom. The number of imidazole rings is 1.